The molecule has 5 nitrogen and oxygen atoms in total. The van der Waals surface area contributed by atoms with Crippen molar-refractivity contribution in [2.24, 2.45) is 5.84 Å². The lowest BCUT2D eigenvalue weighted by Crippen LogP contribution is -2.41. The van der Waals surface area contributed by atoms with Crippen molar-refractivity contribution in [2.45, 2.75) is 31.9 Å². The maximum Gasteiger partial charge on any atom is 0.253 e. The first-order valence-corrected chi connectivity index (χ1v) is 6.68. The molecule has 1 aromatic rings. The largest absolute Gasteiger partial charge is 0.376 e. The molecule has 2 rings (SSSR count). The van der Waals surface area contributed by atoms with Crippen LogP contribution < -0.4 is 16.6 Å². The topological polar surface area (TPSA) is 76.4 Å². The van der Waals surface area contributed by atoms with Crippen LogP contribution in [0.1, 0.15) is 30.1 Å². The molecule has 1 aliphatic rings. The number of hydrogen-bond donors (Lipinski definition) is 3. The summed E-state index contributed by atoms with van der Waals surface area (Å²) in [5.74, 6) is 5.18. The zero-order chi connectivity index (χ0) is 13.8. The van der Waals surface area contributed by atoms with Gasteiger partial charge in [-0.3, -0.25) is 10.6 Å². The lowest BCUT2D eigenvalue weighted by atomic mass is 10.1. The van der Waals surface area contributed by atoms with E-state index >= 15 is 0 Å². The number of carbonyl (C=O) groups is 1. The number of nitrogens with two attached hydrogens (primary N) is 1. The minimum absolute atomic E-state index is 0.0420. The Labute approximate surface area is 117 Å². The third-order valence-electron chi connectivity index (χ3n) is 3.26. The number of halogens is 1. The van der Waals surface area contributed by atoms with Crippen LogP contribution in [0.25, 0.3) is 0 Å². The van der Waals surface area contributed by atoms with Crippen LogP contribution in [0, 0.1) is 0 Å². The first-order chi connectivity index (χ1) is 9.11. The second-order valence-electron chi connectivity index (χ2n) is 4.65. The lowest BCUT2D eigenvalue weighted by Gasteiger charge is -2.20. The number of carbonyl (C=O) groups excluding carboxylic acids is 1. The number of hydrazine groups is 1. The van der Waals surface area contributed by atoms with E-state index in [0.717, 1.165) is 19.4 Å². The third-order valence-corrected chi connectivity index (χ3v) is 3.50. The van der Waals surface area contributed by atoms with Gasteiger partial charge in [0.05, 0.1) is 23.4 Å². The molecule has 104 valence electrons. The minimum Gasteiger partial charge on any atom is -0.376 e. The maximum absolute atomic E-state index is 12.2. The highest BCUT2D eigenvalue weighted by atomic mass is 35.5. The molecule has 0 bridgehead atoms. The molecule has 1 aromatic carbocycles. The van der Waals surface area contributed by atoms with E-state index in [1.807, 2.05) is 6.92 Å². The molecule has 2 atom stereocenters. The molecule has 0 saturated carbocycles. The fraction of sp³-hybridized carbons (Fsp3) is 0.462. The first-order valence-electron chi connectivity index (χ1n) is 6.30. The fourth-order valence-electron chi connectivity index (χ4n) is 2.20. The average molecular weight is 284 g/mol. The van der Waals surface area contributed by atoms with Crippen molar-refractivity contribution in [3.63, 3.8) is 0 Å². The number of nitrogens with one attached hydrogen (secondary N) is 2. The molecule has 1 fully saturated rings. The van der Waals surface area contributed by atoms with Crippen molar-refractivity contribution >= 4 is 23.2 Å². The van der Waals surface area contributed by atoms with Gasteiger partial charge in [-0.2, -0.15) is 0 Å². The summed E-state index contributed by atoms with van der Waals surface area (Å²) in [6, 6.07) is 4.90. The maximum atomic E-state index is 12.2. The predicted molar refractivity (Wildman–Crippen MR) is 75.2 cm³/mol. The third kappa shape index (κ3) is 3.37. The molecule has 2 unspecified atom stereocenters. The fourth-order valence-corrected chi connectivity index (χ4v) is 2.38. The highest BCUT2D eigenvalue weighted by molar-refractivity contribution is 6.31. The van der Waals surface area contributed by atoms with Crippen molar-refractivity contribution < 1.29 is 9.53 Å². The molecule has 0 aromatic heterocycles. The summed E-state index contributed by atoms with van der Waals surface area (Å²) in [5, 5.41) is 3.42. The number of nitrogen functional groups attached to an aromatic ring is 1. The summed E-state index contributed by atoms with van der Waals surface area (Å²) in [6.07, 6.45) is 2.09. The predicted octanol–water partition coefficient (Wildman–Crippen LogP) is 1.92. The van der Waals surface area contributed by atoms with Gasteiger partial charge < -0.3 is 15.5 Å². The summed E-state index contributed by atoms with van der Waals surface area (Å²) in [7, 11) is 0. The van der Waals surface area contributed by atoms with Gasteiger partial charge in [0.25, 0.3) is 5.91 Å². The van der Waals surface area contributed by atoms with Crippen molar-refractivity contribution in [1.82, 2.24) is 5.32 Å². The quantitative estimate of drug-likeness (QED) is 0.583. The second kappa shape index (κ2) is 6.23. The van der Waals surface area contributed by atoms with Gasteiger partial charge in [-0.05, 0) is 38.0 Å². The molecule has 4 N–H and O–H groups in total. The Hall–Kier alpha value is -1.30. The van der Waals surface area contributed by atoms with E-state index in [-0.39, 0.29) is 18.1 Å². The second-order valence-corrected chi connectivity index (χ2v) is 5.08. The number of amides is 1. The molecule has 1 amide bonds. The van der Waals surface area contributed by atoms with Crippen LogP contribution >= 0.6 is 11.6 Å². The van der Waals surface area contributed by atoms with Gasteiger partial charge in [0.1, 0.15) is 0 Å². The van der Waals surface area contributed by atoms with E-state index in [0.29, 0.717) is 16.3 Å². The number of hydrogen-bond acceptors (Lipinski definition) is 4. The van der Waals surface area contributed by atoms with Gasteiger partial charge in [-0.25, -0.2) is 0 Å². The van der Waals surface area contributed by atoms with Gasteiger partial charge in [0.2, 0.25) is 0 Å². The molecule has 19 heavy (non-hydrogen) atoms. The molecule has 0 spiro atoms. The highest BCUT2D eigenvalue weighted by Crippen LogP contribution is 2.21. The van der Waals surface area contributed by atoms with Crippen molar-refractivity contribution in [1.29, 1.82) is 0 Å². The van der Waals surface area contributed by atoms with Crippen LogP contribution in [0.3, 0.4) is 0 Å². The van der Waals surface area contributed by atoms with Crippen LogP contribution in [-0.2, 0) is 4.74 Å². The van der Waals surface area contributed by atoms with Crippen molar-refractivity contribution in [3.05, 3.63) is 28.8 Å². The molecule has 1 saturated heterocycles. The van der Waals surface area contributed by atoms with Gasteiger partial charge >= 0.3 is 0 Å². The standard InChI is InChI=1S/C13H18ClN3O2/c1-8(12-3-2-6-19-12)16-13(18)10-7-9(14)4-5-11(10)17-15/h4-5,7-8,12,17H,2-3,6,15H2,1H3,(H,16,18). The zero-order valence-corrected chi connectivity index (χ0v) is 11.5. The number of anilines is 1. The SMILES string of the molecule is CC(NC(=O)c1cc(Cl)ccc1NN)C1CCCO1. The minimum atomic E-state index is -0.210. The Morgan fingerprint density at radius 3 is 3.00 bits per heavy atom. The van der Waals surface area contributed by atoms with Gasteiger partial charge in [-0.1, -0.05) is 11.6 Å². The molecular formula is C13H18ClN3O2. The lowest BCUT2D eigenvalue weighted by molar-refractivity contribution is 0.0713. The van der Waals surface area contributed by atoms with Crippen LogP contribution in [0.15, 0.2) is 18.2 Å². The number of rotatable bonds is 4. The Balaban J connectivity index is 2.08. The monoisotopic (exact) mass is 283 g/mol. The Bertz CT molecular complexity index is 461. The van der Waals surface area contributed by atoms with Crippen LogP contribution in [0.5, 0.6) is 0 Å². The summed E-state index contributed by atoms with van der Waals surface area (Å²) in [6.45, 7) is 2.70. The molecule has 6 heteroatoms. The molecule has 1 aliphatic heterocycles. The average Bonchev–Trinajstić information content (AvgIpc) is 2.92. The number of ether oxygens (including phenoxy) is 1. The van der Waals surface area contributed by atoms with Gasteiger partial charge in [0.15, 0.2) is 0 Å². The Morgan fingerprint density at radius 1 is 1.58 bits per heavy atom. The first kappa shape index (κ1) is 14.1. The smallest absolute Gasteiger partial charge is 0.253 e. The summed E-state index contributed by atoms with van der Waals surface area (Å²) >= 11 is 5.91. The van der Waals surface area contributed by atoms with E-state index in [1.165, 1.54) is 0 Å². The van der Waals surface area contributed by atoms with Gasteiger partial charge in [0, 0.05) is 11.6 Å². The van der Waals surface area contributed by atoms with E-state index in [4.69, 9.17) is 22.2 Å². The van der Waals surface area contributed by atoms with Gasteiger partial charge in [-0.15, -0.1) is 0 Å². The van der Waals surface area contributed by atoms with E-state index < -0.39 is 0 Å². The van der Waals surface area contributed by atoms with E-state index in [1.54, 1.807) is 18.2 Å². The summed E-state index contributed by atoms with van der Waals surface area (Å²) < 4.78 is 5.55. The van der Waals surface area contributed by atoms with Crippen molar-refractivity contribution in [2.75, 3.05) is 12.0 Å². The molecule has 0 aliphatic carbocycles. The van der Waals surface area contributed by atoms with E-state index in [9.17, 15) is 4.79 Å². The molecule has 0 radical (unpaired) electrons. The van der Waals surface area contributed by atoms with Crippen LogP contribution in [0.4, 0.5) is 5.69 Å². The Morgan fingerprint density at radius 2 is 2.37 bits per heavy atom. The molecule has 1 heterocycles. The number of benzene rings is 1. The van der Waals surface area contributed by atoms with E-state index in [2.05, 4.69) is 10.7 Å². The normalized spacial score (nSPS) is 20.1. The van der Waals surface area contributed by atoms with Crippen LogP contribution in [0.2, 0.25) is 5.02 Å². The summed E-state index contributed by atoms with van der Waals surface area (Å²) in [4.78, 5) is 12.2. The summed E-state index contributed by atoms with van der Waals surface area (Å²) in [5.41, 5.74) is 3.47. The highest BCUT2D eigenvalue weighted by Gasteiger charge is 2.24. The Kier molecular flexibility index (Phi) is 4.63. The zero-order valence-electron chi connectivity index (χ0n) is 10.8. The molecular weight excluding hydrogens is 266 g/mol. The van der Waals surface area contributed by atoms with Crippen LogP contribution in [-0.4, -0.2) is 24.7 Å². The van der Waals surface area contributed by atoms with Crippen molar-refractivity contribution in [3.8, 4) is 0 Å².